The molecular formula is C16H19N3O3S2. The molecule has 0 atom stereocenters. The Hall–Kier alpha value is -1.77. The number of hydrogen-bond acceptors (Lipinski definition) is 5. The number of nitrogens with zero attached hydrogens (tertiary/aromatic N) is 2. The van der Waals surface area contributed by atoms with Crippen LogP contribution in [0, 0.1) is 0 Å². The summed E-state index contributed by atoms with van der Waals surface area (Å²) in [4.78, 5) is 16.8. The van der Waals surface area contributed by atoms with Crippen LogP contribution in [0.5, 0.6) is 0 Å². The fourth-order valence-corrected chi connectivity index (χ4v) is 5.60. The number of rotatable bonds is 6. The molecule has 128 valence electrons. The molecule has 0 radical (unpaired) electrons. The number of carbonyl (C=O) groups is 1. The number of hydrogen-bond donors (Lipinski definition) is 1. The van der Waals surface area contributed by atoms with Crippen LogP contribution in [0.3, 0.4) is 0 Å². The molecule has 2 aromatic heterocycles. The Morgan fingerprint density at radius 1 is 1.25 bits per heavy atom. The highest BCUT2D eigenvalue weighted by Gasteiger charge is 2.28. The van der Waals surface area contributed by atoms with Crippen LogP contribution in [0.15, 0.2) is 40.9 Å². The topological polar surface area (TPSA) is 79.4 Å². The van der Waals surface area contributed by atoms with Crippen molar-refractivity contribution < 1.29 is 13.2 Å². The van der Waals surface area contributed by atoms with Crippen LogP contribution < -0.4 is 5.32 Å². The van der Waals surface area contributed by atoms with Gasteiger partial charge in [-0.15, -0.1) is 11.3 Å². The summed E-state index contributed by atoms with van der Waals surface area (Å²) in [5, 5.41) is 2.82. The summed E-state index contributed by atoms with van der Waals surface area (Å²) in [5.41, 5.74) is 0.925. The van der Waals surface area contributed by atoms with E-state index in [9.17, 15) is 13.2 Å². The lowest BCUT2D eigenvalue weighted by atomic mass is 10.2. The van der Waals surface area contributed by atoms with Crippen LogP contribution >= 0.6 is 11.3 Å². The number of thiophene rings is 1. The van der Waals surface area contributed by atoms with Crippen LogP contribution in [0.25, 0.3) is 0 Å². The Balaban J connectivity index is 1.58. The molecule has 2 aromatic rings. The van der Waals surface area contributed by atoms with Crippen molar-refractivity contribution in [3.8, 4) is 0 Å². The molecule has 1 fully saturated rings. The smallest absolute Gasteiger partial charge is 0.252 e. The first-order chi connectivity index (χ1) is 11.6. The maximum atomic E-state index is 12.5. The Kier molecular flexibility index (Phi) is 5.27. The molecule has 0 bridgehead atoms. The number of nitrogens with one attached hydrogen (secondary N) is 1. The quantitative estimate of drug-likeness (QED) is 0.846. The van der Waals surface area contributed by atoms with Crippen LogP contribution in [0.2, 0.25) is 0 Å². The van der Waals surface area contributed by atoms with Crippen molar-refractivity contribution in [1.82, 2.24) is 14.6 Å². The van der Waals surface area contributed by atoms with Gasteiger partial charge >= 0.3 is 0 Å². The van der Waals surface area contributed by atoms with Gasteiger partial charge in [0.25, 0.3) is 10.0 Å². The SMILES string of the molecule is O=C(Cc1ccc(S(=O)(=O)N2CCCC2)s1)NCc1cccnc1. The first-order valence-electron chi connectivity index (χ1n) is 7.80. The zero-order valence-electron chi connectivity index (χ0n) is 13.1. The summed E-state index contributed by atoms with van der Waals surface area (Å²) in [6, 6.07) is 7.02. The predicted molar refractivity (Wildman–Crippen MR) is 92.1 cm³/mol. The summed E-state index contributed by atoms with van der Waals surface area (Å²) in [6.45, 7) is 1.58. The third kappa shape index (κ3) is 4.00. The Morgan fingerprint density at radius 2 is 2.04 bits per heavy atom. The molecule has 0 unspecified atom stereocenters. The average Bonchev–Trinajstić information content (AvgIpc) is 3.26. The lowest BCUT2D eigenvalue weighted by molar-refractivity contribution is -0.120. The van der Waals surface area contributed by atoms with Gasteiger partial charge in [-0.3, -0.25) is 9.78 Å². The highest BCUT2D eigenvalue weighted by atomic mass is 32.2. The van der Waals surface area contributed by atoms with Gasteiger partial charge in [0, 0.05) is 36.9 Å². The second kappa shape index (κ2) is 7.42. The number of amides is 1. The van der Waals surface area contributed by atoms with E-state index in [1.165, 1.54) is 15.6 Å². The molecule has 1 aliphatic rings. The third-order valence-corrected chi connectivity index (χ3v) is 7.29. The van der Waals surface area contributed by atoms with Crippen molar-refractivity contribution >= 4 is 27.3 Å². The van der Waals surface area contributed by atoms with Gasteiger partial charge in [-0.2, -0.15) is 4.31 Å². The van der Waals surface area contributed by atoms with Crippen molar-refractivity contribution in [2.24, 2.45) is 0 Å². The summed E-state index contributed by atoms with van der Waals surface area (Å²) in [6.07, 6.45) is 5.38. The largest absolute Gasteiger partial charge is 0.352 e. The first-order valence-corrected chi connectivity index (χ1v) is 10.1. The second-order valence-corrected chi connectivity index (χ2v) is 8.98. The minimum atomic E-state index is -3.40. The third-order valence-electron chi connectivity index (χ3n) is 3.84. The average molecular weight is 365 g/mol. The van der Waals surface area contributed by atoms with E-state index in [1.807, 2.05) is 12.1 Å². The number of sulfonamides is 1. The monoisotopic (exact) mass is 365 g/mol. The van der Waals surface area contributed by atoms with E-state index in [0.717, 1.165) is 23.3 Å². The van der Waals surface area contributed by atoms with Gasteiger partial charge in [-0.25, -0.2) is 8.42 Å². The molecule has 1 amide bonds. The number of aromatic nitrogens is 1. The molecule has 0 spiro atoms. The summed E-state index contributed by atoms with van der Waals surface area (Å²) < 4.78 is 26.8. The van der Waals surface area contributed by atoms with E-state index in [2.05, 4.69) is 10.3 Å². The number of pyridine rings is 1. The fraction of sp³-hybridized carbons (Fsp3) is 0.375. The summed E-state index contributed by atoms with van der Waals surface area (Å²) in [7, 11) is -3.40. The molecule has 1 N–H and O–H groups in total. The van der Waals surface area contributed by atoms with Crippen molar-refractivity contribution in [2.75, 3.05) is 13.1 Å². The van der Waals surface area contributed by atoms with Crippen LogP contribution in [-0.4, -0.2) is 36.7 Å². The lowest BCUT2D eigenvalue weighted by Gasteiger charge is -2.13. The molecule has 0 saturated carbocycles. The molecule has 24 heavy (non-hydrogen) atoms. The highest BCUT2D eigenvalue weighted by molar-refractivity contribution is 7.91. The van der Waals surface area contributed by atoms with E-state index >= 15 is 0 Å². The molecule has 1 saturated heterocycles. The molecule has 3 heterocycles. The second-order valence-electron chi connectivity index (χ2n) is 5.65. The molecule has 0 aromatic carbocycles. The molecule has 8 heteroatoms. The fourth-order valence-electron chi connectivity index (χ4n) is 2.57. The molecular weight excluding hydrogens is 346 g/mol. The van der Waals surface area contributed by atoms with E-state index in [1.54, 1.807) is 24.5 Å². The van der Waals surface area contributed by atoms with E-state index < -0.39 is 10.0 Å². The molecule has 3 rings (SSSR count). The van der Waals surface area contributed by atoms with E-state index in [4.69, 9.17) is 0 Å². The molecule has 6 nitrogen and oxygen atoms in total. The van der Waals surface area contributed by atoms with Gasteiger partial charge in [-0.05, 0) is 36.6 Å². The van der Waals surface area contributed by atoms with Gasteiger partial charge in [0.15, 0.2) is 0 Å². The molecule has 0 aliphatic carbocycles. The van der Waals surface area contributed by atoms with Crippen LogP contribution in [-0.2, 0) is 27.8 Å². The van der Waals surface area contributed by atoms with E-state index in [0.29, 0.717) is 23.8 Å². The van der Waals surface area contributed by atoms with Gasteiger partial charge in [-0.1, -0.05) is 6.07 Å². The van der Waals surface area contributed by atoms with Gasteiger partial charge in [0.2, 0.25) is 5.91 Å². The standard InChI is InChI=1S/C16H19N3O3S2/c20-15(18-12-13-4-3-7-17-11-13)10-14-5-6-16(23-14)24(21,22)19-8-1-2-9-19/h3-7,11H,1-2,8-10,12H2,(H,18,20). The highest BCUT2D eigenvalue weighted by Crippen LogP contribution is 2.27. The number of carbonyl (C=O) groups excluding carboxylic acids is 1. The normalized spacial score (nSPS) is 15.5. The molecule has 1 aliphatic heterocycles. The zero-order chi connectivity index (χ0) is 17.0. The van der Waals surface area contributed by atoms with Gasteiger partial charge < -0.3 is 5.32 Å². The summed E-state index contributed by atoms with van der Waals surface area (Å²) in [5.74, 6) is -0.133. The maximum Gasteiger partial charge on any atom is 0.252 e. The first kappa shape index (κ1) is 17.1. The Morgan fingerprint density at radius 3 is 2.75 bits per heavy atom. The zero-order valence-corrected chi connectivity index (χ0v) is 14.8. The minimum Gasteiger partial charge on any atom is -0.352 e. The predicted octanol–water partition coefficient (Wildman–Crippen LogP) is 1.79. The summed E-state index contributed by atoms with van der Waals surface area (Å²) >= 11 is 1.17. The van der Waals surface area contributed by atoms with Crippen LogP contribution in [0.1, 0.15) is 23.3 Å². The van der Waals surface area contributed by atoms with Gasteiger partial charge in [0.05, 0.1) is 6.42 Å². The maximum absolute atomic E-state index is 12.5. The Bertz CT molecular complexity index is 797. The van der Waals surface area contributed by atoms with E-state index in [-0.39, 0.29) is 12.3 Å². The van der Waals surface area contributed by atoms with Crippen molar-refractivity contribution in [3.63, 3.8) is 0 Å². The van der Waals surface area contributed by atoms with Crippen molar-refractivity contribution in [2.45, 2.75) is 30.0 Å². The van der Waals surface area contributed by atoms with Crippen LogP contribution in [0.4, 0.5) is 0 Å². The van der Waals surface area contributed by atoms with Gasteiger partial charge in [0.1, 0.15) is 4.21 Å². The Labute approximate surface area is 145 Å². The minimum absolute atomic E-state index is 0.133. The lowest BCUT2D eigenvalue weighted by Crippen LogP contribution is -2.27. The van der Waals surface area contributed by atoms with Crippen molar-refractivity contribution in [1.29, 1.82) is 0 Å². The van der Waals surface area contributed by atoms with Crippen molar-refractivity contribution in [3.05, 3.63) is 47.1 Å².